The zero-order valence-electron chi connectivity index (χ0n) is 12.0. The van der Waals surface area contributed by atoms with E-state index in [1.165, 1.54) is 18.2 Å². The minimum absolute atomic E-state index is 0.209. The average Bonchev–Trinajstić information content (AvgIpc) is 2.47. The fraction of sp³-hybridized carbons (Fsp3) is 0.235. The van der Waals surface area contributed by atoms with Gasteiger partial charge in [0.15, 0.2) is 0 Å². The van der Waals surface area contributed by atoms with Gasteiger partial charge in [-0.05, 0) is 43.2 Å². The van der Waals surface area contributed by atoms with E-state index in [1.807, 2.05) is 19.9 Å². The number of carboxylic acid groups (broad SMARTS) is 1. The number of ether oxygens (including phenoxy) is 1. The van der Waals surface area contributed by atoms with Crippen molar-refractivity contribution in [3.8, 4) is 11.1 Å². The topological polar surface area (TPSA) is 46.5 Å². The summed E-state index contributed by atoms with van der Waals surface area (Å²) in [6.07, 6.45) is -0.293. The molecule has 0 heterocycles. The van der Waals surface area contributed by atoms with Crippen LogP contribution in [0.15, 0.2) is 42.5 Å². The number of benzene rings is 2. The van der Waals surface area contributed by atoms with Crippen molar-refractivity contribution < 1.29 is 19.0 Å². The molecular weight excluding hydrogens is 271 g/mol. The highest BCUT2D eigenvalue weighted by atomic mass is 19.1. The van der Waals surface area contributed by atoms with E-state index >= 15 is 0 Å². The first kappa shape index (κ1) is 15.2. The first-order valence-electron chi connectivity index (χ1n) is 6.77. The Morgan fingerprint density at radius 2 is 1.81 bits per heavy atom. The Balaban J connectivity index is 2.29. The van der Waals surface area contributed by atoms with Gasteiger partial charge in [0.05, 0.1) is 11.7 Å². The van der Waals surface area contributed by atoms with Crippen molar-refractivity contribution in [2.45, 2.75) is 20.0 Å². The Morgan fingerprint density at radius 3 is 2.33 bits per heavy atom. The molecular formula is C17H17FO3. The number of rotatable bonds is 5. The van der Waals surface area contributed by atoms with E-state index in [0.717, 1.165) is 5.56 Å². The van der Waals surface area contributed by atoms with Crippen LogP contribution >= 0.6 is 0 Å². The van der Waals surface area contributed by atoms with E-state index < -0.39 is 5.97 Å². The molecule has 2 aromatic rings. The quantitative estimate of drug-likeness (QED) is 0.892. The zero-order valence-corrected chi connectivity index (χ0v) is 12.0. The maximum absolute atomic E-state index is 14.1. The minimum atomic E-state index is -0.978. The number of halogens is 1. The maximum atomic E-state index is 14.1. The highest BCUT2D eigenvalue weighted by molar-refractivity contribution is 5.88. The molecule has 0 saturated carbocycles. The maximum Gasteiger partial charge on any atom is 0.335 e. The van der Waals surface area contributed by atoms with Crippen LogP contribution in [-0.2, 0) is 4.74 Å². The summed E-state index contributed by atoms with van der Waals surface area (Å²) in [6.45, 7) is 4.20. The smallest absolute Gasteiger partial charge is 0.335 e. The summed E-state index contributed by atoms with van der Waals surface area (Å²) in [4.78, 5) is 10.8. The number of hydrogen-bond donors (Lipinski definition) is 1. The van der Waals surface area contributed by atoms with Crippen molar-refractivity contribution in [3.05, 3.63) is 59.4 Å². The molecule has 1 N–H and O–H groups in total. The third-order valence-corrected chi connectivity index (χ3v) is 3.32. The zero-order chi connectivity index (χ0) is 15.4. The number of carbonyl (C=O) groups is 1. The molecule has 110 valence electrons. The van der Waals surface area contributed by atoms with Crippen LogP contribution < -0.4 is 0 Å². The first-order chi connectivity index (χ1) is 10.0. The van der Waals surface area contributed by atoms with Gasteiger partial charge in [0.2, 0.25) is 0 Å². The van der Waals surface area contributed by atoms with Crippen LogP contribution in [0.3, 0.4) is 0 Å². The van der Waals surface area contributed by atoms with Crippen LogP contribution in [-0.4, -0.2) is 17.7 Å². The fourth-order valence-corrected chi connectivity index (χ4v) is 2.18. The molecule has 0 aromatic heterocycles. The van der Waals surface area contributed by atoms with Crippen LogP contribution in [0.2, 0.25) is 0 Å². The lowest BCUT2D eigenvalue weighted by Crippen LogP contribution is -2.02. The molecule has 2 rings (SSSR count). The Morgan fingerprint density at radius 1 is 1.19 bits per heavy atom. The van der Waals surface area contributed by atoms with Gasteiger partial charge in [-0.2, -0.15) is 0 Å². The molecule has 0 aliphatic carbocycles. The van der Waals surface area contributed by atoms with Crippen LogP contribution in [0.25, 0.3) is 11.1 Å². The van der Waals surface area contributed by atoms with Crippen LogP contribution in [0.5, 0.6) is 0 Å². The lowest BCUT2D eigenvalue weighted by Gasteiger charge is -2.14. The second kappa shape index (κ2) is 6.50. The Hall–Kier alpha value is -2.20. The third kappa shape index (κ3) is 3.47. The van der Waals surface area contributed by atoms with Crippen molar-refractivity contribution in [2.75, 3.05) is 6.61 Å². The molecule has 0 bridgehead atoms. The molecule has 1 unspecified atom stereocenters. The molecule has 0 fully saturated rings. The van der Waals surface area contributed by atoms with Gasteiger partial charge in [0.25, 0.3) is 0 Å². The van der Waals surface area contributed by atoms with Crippen molar-refractivity contribution in [1.29, 1.82) is 0 Å². The minimum Gasteiger partial charge on any atom is -0.478 e. The predicted octanol–water partition coefficient (Wildman–Crippen LogP) is 4.29. The summed E-state index contributed by atoms with van der Waals surface area (Å²) in [5.74, 6) is -1.30. The summed E-state index contributed by atoms with van der Waals surface area (Å²) < 4.78 is 19.5. The number of hydrogen-bond acceptors (Lipinski definition) is 2. The Kier molecular flexibility index (Phi) is 4.70. The summed E-state index contributed by atoms with van der Waals surface area (Å²) in [6, 6.07) is 11.3. The number of carboxylic acids is 1. The molecule has 4 heteroatoms. The first-order valence-corrected chi connectivity index (χ1v) is 6.77. The fourth-order valence-electron chi connectivity index (χ4n) is 2.18. The summed E-state index contributed by atoms with van der Waals surface area (Å²) >= 11 is 0. The second-order valence-corrected chi connectivity index (χ2v) is 4.72. The van der Waals surface area contributed by atoms with Crippen molar-refractivity contribution in [1.82, 2.24) is 0 Å². The van der Waals surface area contributed by atoms with E-state index in [1.54, 1.807) is 18.2 Å². The molecule has 21 heavy (non-hydrogen) atoms. The van der Waals surface area contributed by atoms with Gasteiger partial charge in [-0.15, -0.1) is 0 Å². The van der Waals surface area contributed by atoms with Gasteiger partial charge in [-0.1, -0.05) is 24.3 Å². The van der Waals surface area contributed by atoms with Crippen molar-refractivity contribution in [2.24, 2.45) is 0 Å². The van der Waals surface area contributed by atoms with E-state index in [4.69, 9.17) is 9.84 Å². The molecule has 3 nitrogen and oxygen atoms in total. The van der Waals surface area contributed by atoms with E-state index in [9.17, 15) is 9.18 Å². The largest absolute Gasteiger partial charge is 0.478 e. The van der Waals surface area contributed by atoms with E-state index in [-0.39, 0.29) is 17.5 Å². The van der Waals surface area contributed by atoms with Crippen molar-refractivity contribution in [3.63, 3.8) is 0 Å². The monoisotopic (exact) mass is 288 g/mol. The van der Waals surface area contributed by atoms with Crippen LogP contribution in [0, 0.1) is 5.82 Å². The molecule has 0 spiro atoms. The molecule has 0 saturated heterocycles. The van der Waals surface area contributed by atoms with Gasteiger partial charge in [0.1, 0.15) is 5.82 Å². The molecule has 0 aliphatic heterocycles. The standard InChI is InChI=1S/C17H17FO3/c1-3-21-11(2)15-9-8-14(10-16(15)18)12-4-6-13(7-5-12)17(19)20/h4-11H,3H2,1-2H3,(H,19,20). The number of aromatic carboxylic acids is 1. The Labute approximate surface area is 123 Å². The third-order valence-electron chi connectivity index (χ3n) is 3.32. The second-order valence-electron chi connectivity index (χ2n) is 4.72. The predicted molar refractivity (Wildman–Crippen MR) is 78.8 cm³/mol. The summed E-state index contributed by atoms with van der Waals surface area (Å²) in [5, 5.41) is 8.86. The molecule has 0 radical (unpaired) electrons. The summed E-state index contributed by atoms with van der Waals surface area (Å²) in [7, 11) is 0. The van der Waals surface area contributed by atoms with Gasteiger partial charge in [-0.25, -0.2) is 9.18 Å². The highest BCUT2D eigenvalue weighted by Gasteiger charge is 2.12. The highest BCUT2D eigenvalue weighted by Crippen LogP contribution is 2.26. The van der Waals surface area contributed by atoms with Gasteiger partial charge >= 0.3 is 5.97 Å². The Bertz CT molecular complexity index is 635. The molecule has 0 aliphatic rings. The SMILES string of the molecule is CCOC(C)c1ccc(-c2ccc(C(=O)O)cc2)cc1F. The van der Waals surface area contributed by atoms with Gasteiger partial charge < -0.3 is 9.84 Å². The lowest BCUT2D eigenvalue weighted by atomic mass is 10.0. The van der Waals surface area contributed by atoms with Crippen LogP contribution in [0.4, 0.5) is 4.39 Å². The lowest BCUT2D eigenvalue weighted by molar-refractivity contribution is 0.0696. The van der Waals surface area contributed by atoms with Crippen LogP contribution in [0.1, 0.15) is 35.9 Å². The molecule has 1 atom stereocenters. The molecule has 2 aromatic carbocycles. The molecule has 0 amide bonds. The summed E-state index contributed by atoms with van der Waals surface area (Å²) in [5.41, 5.74) is 2.20. The van der Waals surface area contributed by atoms with Gasteiger partial charge in [-0.3, -0.25) is 0 Å². The van der Waals surface area contributed by atoms with E-state index in [2.05, 4.69) is 0 Å². The average molecular weight is 288 g/mol. The van der Waals surface area contributed by atoms with Gasteiger partial charge in [0, 0.05) is 12.2 Å². The van der Waals surface area contributed by atoms with E-state index in [0.29, 0.717) is 17.7 Å². The van der Waals surface area contributed by atoms with Crippen molar-refractivity contribution >= 4 is 5.97 Å². The normalized spacial score (nSPS) is 12.1.